The number of halogens is 2. The third-order valence-corrected chi connectivity index (χ3v) is 6.54. The molecular formula is C21H20ClFN2O2S. The molecule has 0 bridgehead atoms. The number of rotatable bonds is 4. The fraction of sp³-hybridized carbons (Fsp3) is 0.333. The molecule has 1 aromatic carbocycles. The minimum absolute atomic E-state index is 0.149. The monoisotopic (exact) mass is 418 g/mol. The molecule has 2 heterocycles. The van der Waals surface area contributed by atoms with E-state index in [2.05, 4.69) is 4.57 Å². The van der Waals surface area contributed by atoms with Gasteiger partial charge < -0.3 is 4.57 Å². The van der Waals surface area contributed by atoms with Crippen LogP contribution in [-0.2, 0) is 11.3 Å². The number of thioether (sulfide) groups is 1. The van der Waals surface area contributed by atoms with E-state index in [0.717, 1.165) is 22.2 Å². The van der Waals surface area contributed by atoms with Crippen molar-refractivity contribution < 1.29 is 14.0 Å². The molecule has 2 fully saturated rings. The molecule has 4 rings (SSSR count). The number of benzene rings is 1. The normalized spacial score (nSPS) is 19.8. The summed E-state index contributed by atoms with van der Waals surface area (Å²) in [7, 11) is 0. The molecule has 1 aliphatic heterocycles. The second-order valence-electron chi connectivity index (χ2n) is 7.15. The van der Waals surface area contributed by atoms with Crippen LogP contribution in [-0.4, -0.2) is 20.6 Å². The van der Waals surface area contributed by atoms with Gasteiger partial charge in [-0.05, 0) is 54.4 Å². The lowest BCUT2D eigenvalue weighted by Crippen LogP contribution is -2.28. The summed E-state index contributed by atoms with van der Waals surface area (Å²) < 4.78 is 16.2. The first-order valence-corrected chi connectivity index (χ1v) is 10.6. The van der Waals surface area contributed by atoms with Crippen molar-refractivity contribution in [2.45, 2.75) is 44.7 Å². The molecule has 7 heteroatoms. The van der Waals surface area contributed by atoms with E-state index in [-0.39, 0.29) is 17.1 Å². The number of amides is 2. The summed E-state index contributed by atoms with van der Waals surface area (Å²) in [5.41, 5.74) is 1.04. The predicted molar refractivity (Wildman–Crippen MR) is 109 cm³/mol. The second-order valence-corrected chi connectivity index (χ2v) is 8.55. The summed E-state index contributed by atoms with van der Waals surface area (Å²) in [5.74, 6) is -0.945. The van der Waals surface area contributed by atoms with Crippen molar-refractivity contribution in [3.8, 4) is 0 Å². The SMILES string of the molecule is O=C1S/C(=C/c2ccn(C3CCCCC3)c2)C(=O)N1Cc1c(F)cccc1Cl. The Morgan fingerprint density at radius 2 is 1.96 bits per heavy atom. The van der Waals surface area contributed by atoms with Crippen molar-refractivity contribution in [3.63, 3.8) is 0 Å². The molecule has 0 spiro atoms. The van der Waals surface area contributed by atoms with Gasteiger partial charge >= 0.3 is 0 Å². The molecule has 2 aliphatic rings. The molecule has 1 saturated carbocycles. The number of imide groups is 1. The summed E-state index contributed by atoms with van der Waals surface area (Å²) >= 11 is 6.91. The third-order valence-electron chi connectivity index (χ3n) is 5.28. The summed E-state index contributed by atoms with van der Waals surface area (Å²) in [5, 5.41) is -0.213. The summed E-state index contributed by atoms with van der Waals surface area (Å²) in [6.45, 7) is -0.170. The molecule has 2 aromatic rings. The summed E-state index contributed by atoms with van der Waals surface area (Å²) in [4.78, 5) is 26.4. The molecule has 4 nitrogen and oxygen atoms in total. The van der Waals surface area contributed by atoms with Crippen LogP contribution in [0.15, 0.2) is 41.6 Å². The van der Waals surface area contributed by atoms with Crippen LogP contribution in [0.1, 0.15) is 49.3 Å². The van der Waals surface area contributed by atoms with Gasteiger partial charge in [-0.15, -0.1) is 0 Å². The van der Waals surface area contributed by atoms with Crippen LogP contribution in [0.2, 0.25) is 5.02 Å². The topological polar surface area (TPSA) is 42.3 Å². The lowest BCUT2D eigenvalue weighted by atomic mass is 9.95. The first kappa shape index (κ1) is 19.3. The van der Waals surface area contributed by atoms with Crippen LogP contribution in [0, 0.1) is 5.82 Å². The highest BCUT2D eigenvalue weighted by Crippen LogP contribution is 2.35. The maximum Gasteiger partial charge on any atom is 0.293 e. The molecule has 0 N–H and O–H groups in total. The van der Waals surface area contributed by atoms with E-state index in [1.165, 1.54) is 44.2 Å². The molecule has 1 aliphatic carbocycles. The van der Waals surface area contributed by atoms with E-state index in [1.54, 1.807) is 12.1 Å². The van der Waals surface area contributed by atoms with Gasteiger partial charge in [-0.25, -0.2) is 4.39 Å². The van der Waals surface area contributed by atoms with Gasteiger partial charge in [-0.2, -0.15) is 0 Å². The van der Waals surface area contributed by atoms with E-state index in [9.17, 15) is 14.0 Å². The Morgan fingerprint density at radius 3 is 2.71 bits per heavy atom. The second kappa shape index (κ2) is 8.13. The Kier molecular flexibility index (Phi) is 5.60. The lowest BCUT2D eigenvalue weighted by molar-refractivity contribution is -0.123. The molecule has 1 saturated heterocycles. The van der Waals surface area contributed by atoms with Gasteiger partial charge in [0.15, 0.2) is 0 Å². The van der Waals surface area contributed by atoms with E-state index < -0.39 is 17.0 Å². The highest BCUT2D eigenvalue weighted by atomic mass is 35.5. The average Bonchev–Trinajstić information content (AvgIpc) is 3.25. The number of aromatic nitrogens is 1. The zero-order valence-corrected chi connectivity index (χ0v) is 16.8. The van der Waals surface area contributed by atoms with Gasteiger partial charge in [0.2, 0.25) is 0 Å². The van der Waals surface area contributed by atoms with Crippen LogP contribution in [0.25, 0.3) is 6.08 Å². The standard InChI is InChI=1S/C21H20ClFN2O2S/c22-17-7-4-8-18(23)16(17)13-25-20(26)19(28-21(25)27)11-14-9-10-24(12-14)15-5-2-1-3-6-15/h4,7-12,15H,1-3,5-6,13H2/b19-11+. The van der Waals surface area contributed by atoms with Crippen LogP contribution >= 0.6 is 23.4 Å². The Labute approximate surface area is 172 Å². The van der Waals surface area contributed by atoms with Gasteiger partial charge in [-0.3, -0.25) is 14.5 Å². The number of hydrogen-bond acceptors (Lipinski definition) is 3. The molecule has 28 heavy (non-hydrogen) atoms. The van der Waals surface area contributed by atoms with E-state index in [0.29, 0.717) is 10.9 Å². The lowest BCUT2D eigenvalue weighted by Gasteiger charge is -2.23. The third kappa shape index (κ3) is 3.89. The maximum absolute atomic E-state index is 14.0. The Bertz CT molecular complexity index is 929. The summed E-state index contributed by atoms with van der Waals surface area (Å²) in [6, 6.07) is 6.77. The van der Waals surface area contributed by atoms with Crippen molar-refractivity contribution in [1.82, 2.24) is 9.47 Å². The minimum Gasteiger partial charge on any atom is -0.351 e. The van der Waals surface area contributed by atoms with Crippen molar-refractivity contribution >= 4 is 40.6 Å². The number of nitrogens with zero attached hydrogens (tertiary/aromatic N) is 2. The fourth-order valence-electron chi connectivity index (χ4n) is 3.75. The van der Waals surface area contributed by atoms with Crippen molar-refractivity contribution in [3.05, 3.63) is 63.5 Å². The van der Waals surface area contributed by atoms with Crippen LogP contribution in [0.5, 0.6) is 0 Å². The highest BCUT2D eigenvalue weighted by Gasteiger charge is 2.36. The Balaban J connectivity index is 1.51. The molecule has 0 unspecified atom stereocenters. The largest absolute Gasteiger partial charge is 0.351 e. The minimum atomic E-state index is -0.528. The number of carbonyl (C=O) groups excluding carboxylic acids is 2. The van der Waals surface area contributed by atoms with Gasteiger partial charge in [0.1, 0.15) is 5.82 Å². The number of hydrogen-bond donors (Lipinski definition) is 0. The van der Waals surface area contributed by atoms with Gasteiger partial charge in [0.05, 0.1) is 11.4 Å². The van der Waals surface area contributed by atoms with E-state index in [4.69, 9.17) is 11.6 Å². The zero-order valence-electron chi connectivity index (χ0n) is 15.2. The quantitative estimate of drug-likeness (QED) is 0.570. The van der Waals surface area contributed by atoms with Gasteiger partial charge in [0, 0.05) is 29.0 Å². The molecule has 0 atom stereocenters. The predicted octanol–water partition coefficient (Wildman–Crippen LogP) is 6.02. The van der Waals surface area contributed by atoms with Crippen molar-refractivity contribution in [2.75, 3.05) is 0 Å². The Hall–Kier alpha value is -2.05. The number of carbonyl (C=O) groups is 2. The maximum atomic E-state index is 14.0. The van der Waals surface area contributed by atoms with E-state index >= 15 is 0 Å². The van der Waals surface area contributed by atoms with Crippen LogP contribution in [0.4, 0.5) is 9.18 Å². The van der Waals surface area contributed by atoms with Crippen molar-refractivity contribution in [1.29, 1.82) is 0 Å². The molecule has 0 radical (unpaired) electrons. The Morgan fingerprint density at radius 1 is 1.18 bits per heavy atom. The van der Waals surface area contributed by atoms with Crippen LogP contribution in [0.3, 0.4) is 0 Å². The summed E-state index contributed by atoms with van der Waals surface area (Å²) in [6.07, 6.45) is 11.9. The first-order valence-electron chi connectivity index (χ1n) is 9.38. The smallest absolute Gasteiger partial charge is 0.293 e. The van der Waals surface area contributed by atoms with Gasteiger partial charge in [-0.1, -0.05) is 36.9 Å². The van der Waals surface area contributed by atoms with Crippen LogP contribution < -0.4 is 0 Å². The molecule has 146 valence electrons. The van der Waals surface area contributed by atoms with E-state index in [1.807, 2.05) is 18.5 Å². The molecular weight excluding hydrogens is 399 g/mol. The molecule has 1 aromatic heterocycles. The highest BCUT2D eigenvalue weighted by molar-refractivity contribution is 8.18. The van der Waals surface area contributed by atoms with Crippen molar-refractivity contribution in [2.24, 2.45) is 0 Å². The average molecular weight is 419 g/mol. The fourth-order valence-corrected chi connectivity index (χ4v) is 4.81. The zero-order chi connectivity index (χ0) is 19.7. The first-order chi connectivity index (χ1) is 13.5. The van der Waals surface area contributed by atoms with Gasteiger partial charge in [0.25, 0.3) is 11.1 Å². The molecule has 2 amide bonds.